The van der Waals surface area contributed by atoms with Crippen LogP contribution in [0.2, 0.25) is 0 Å². The number of hydrogen-bond donors (Lipinski definition) is 1. The van der Waals surface area contributed by atoms with Crippen LogP contribution in [-0.4, -0.2) is 15.5 Å². The number of pyridine rings is 1. The second kappa shape index (κ2) is 6.02. The first-order valence-corrected chi connectivity index (χ1v) is 6.99. The van der Waals surface area contributed by atoms with Crippen LogP contribution in [0.1, 0.15) is 29.5 Å². The van der Waals surface area contributed by atoms with Gasteiger partial charge in [-0.1, -0.05) is 6.92 Å². The van der Waals surface area contributed by atoms with Gasteiger partial charge < -0.3 is 9.88 Å². The zero-order valence-electron chi connectivity index (χ0n) is 11.0. The van der Waals surface area contributed by atoms with Gasteiger partial charge in [-0.05, 0) is 47.5 Å². The van der Waals surface area contributed by atoms with Gasteiger partial charge in [0.2, 0.25) is 0 Å². The standard InChI is InChI=1S/C14H16BrN3O/c1-3-7-18-9-11(15)8-13(18)14(19)17-12-5-4-6-16-10(12)2/h4-6,8-9H,3,7H2,1-2H3,(H,17,19). The van der Waals surface area contributed by atoms with Crippen LogP contribution in [0.15, 0.2) is 35.1 Å². The van der Waals surface area contributed by atoms with Crippen molar-refractivity contribution in [2.75, 3.05) is 5.32 Å². The molecule has 100 valence electrons. The molecule has 4 nitrogen and oxygen atoms in total. The van der Waals surface area contributed by atoms with Gasteiger partial charge in [0, 0.05) is 23.4 Å². The molecule has 0 aromatic carbocycles. The third-order valence-corrected chi connectivity index (χ3v) is 3.25. The van der Waals surface area contributed by atoms with Crippen molar-refractivity contribution in [2.45, 2.75) is 26.8 Å². The Labute approximate surface area is 121 Å². The van der Waals surface area contributed by atoms with E-state index in [4.69, 9.17) is 0 Å². The number of halogens is 1. The van der Waals surface area contributed by atoms with Crippen LogP contribution in [0.25, 0.3) is 0 Å². The highest BCUT2D eigenvalue weighted by molar-refractivity contribution is 9.10. The Morgan fingerprint density at radius 1 is 1.53 bits per heavy atom. The Morgan fingerprint density at radius 3 is 3.00 bits per heavy atom. The molecule has 0 saturated heterocycles. The summed E-state index contributed by atoms with van der Waals surface area (Å²) < 4.78 is 2.86. The van der Waals surface area contributed by atoms with Gasteiger partial charge in [-0.3, -0.25) is 9.78 Å². The fourth-order valence-corrected chi connectivity index (χ4v) is 2.36. The Morgan fingerprint density at radius 2 is 2.32 bits per heavy atom. The van der Waals surface area contributed by atoms with Crippen molar-refractivity contribution in [1.29, 1.82) is 0 Å². The van der Waals surface area contributed by atoms with Gasteiger partial charge in [-0.25, -0.2) is 0 Å². The van der Waals surface area contributed by atoms with Crippen LogP contribution >= 0.6 is 15.9 Å². The SMILES string of the molecule is CCCn1cc(Br)cc1C(=O)Nc1cccnc1C. The molecule has 0 aliphatic carbocycles. The fourth-order valence-electron chi connectivity index (χ4n) is 1.89. The third-order valence-electron chi connectivity index (χ3n) is 2.82. The summed E-state index contributed by atoms with van der Waals surface area (Å²) in [6.07, 6.45) is 4.61. The molecule has 0 aliphatic heterocycles. The molecule has 1 amide bonds. The van der Waals surface area contributed by atoms with Gasteiger partial charge in [0.1, 0.15) is 5.69 Å². The largest absolute Gasteiger partial charge is 0.342 e. The predicted molar refractivity (Wildman–Crippen MR) is 79.4 cm³/mol. The van der Waals surface area contributed by atoms with Crippen molar-refractivity contribution >= 4 is 27.5 Å². The van der Waals surface area contributed by atoms with Crippen LogP contribution in [0.3, 0.4) is 0 Å². The molecule has 0 atom stereocenters. The number of nitrogens with zero attached hydrogens (tertiary/aromatic N) is 2. The molecule has 0 aliphatic rings. The molecule has 2 heterocycles. The molecule has 5 heteroatoms. The Hall–Kier alpha value is -1.62. The van der Waals surface area contributed by atoms with Crippen molar-refractivity contribution in [3.63, 3.8) is 0 Å². The molecule has 0 radical (unpaired) electrons. The number of aryl methyl sites for hydroxylation is 2. The van der Waals surface area contributed by atoms with E-state index in [2.05, 4.69) is 33.2 Å². The van der Waals surface area contributed by atoms with Crippen molar-refractivity contribution in [1.82, 2.24) is 9.55 Å². The second-order valence-corrected chi connectivity index (χ2v) is 5.24. The fraction of sp³-hybridized carbons (Fsp3) is 0.286. The average Bonchev–Trinajstić information content (AvgIpc) is 2.74. The number of aromatic nitrogens is 2. The lowest BCUT2D eigenvalue weighted by Gasteiger charge is -2.09. The number of anilines is 1. The summed E-state index contributed by atoms with van der Waals surface area (Å²) in [5.41, 5.74) is 2.20. The van der Waals surface area contributed by atoms with Crippen LogP contribution < -0.4 is 5.32 Å². The second-order valence-electron chi connectivity index (χ2n) is 4.33. The maximum atomic E-state index is 12.3. The predicted octanol–water partition coefficient (Wildman–Crippen LogP) is 3.62. The summed E-state index contributed by atoms with van der Waals surface area (Å²) in [4.78, 5) is 16.5. The van der Waals surface area contributed by atoms with Crippen molar-refractivity contribution in [3.05, 3.63) is 46.5 Å². The van der Waals surface area contributed by atoms with Crippen molar-refractivity contribution in [3.8, 4) is 0 Å². The van der Waals surface area contributed by atoms with Crippen LogP contribution in [0, 0.1) is 6.92 Å². The number of hydrogen-bond acceptors (Lipinski definition) is 2. The molecule has 0 saturated carbocycles. The number of amides is 1. The molecule has 0 bridgehead atoms. The minimum absolute atomic E-state index is 0.116. The first kappa shape index (κ1) is 13.8. The number of rotatable bonds is 4. The quantitative estimate of drug-likeness (QED) is 0.934. The van der Waals surface area contributed by atoms with Crippen LogP contribution in [0.5, 0.6) is 0 Å². The molecular formula is C14H16BrN3O. The van der Waals surface area contributed by atoms with Crippen molar-refractivity contribution in [2.24, 2.45) is 0 Å². The summed E-state index contributed by atoms with van der Waals surface area (Å²) in [5.74, 6) is -0.116. The lowest BCUT2D eigenvalue weighted by atomic mass is 10.3. The van der Waals surface area contributed by atoms with Gasteiger partial charge in [0.25, 0.3) is 5.91 Å². The highest BCUT2D eigenvalue weighted by atomic mass is 79.9. The van der Waals surface area contributed by atoms with E-state index in [0.29, 0.717) is 5.69 Å². The van der Waals surface area contributed by atoms with Crippen LogP contribution in [0.4, 0.5) is 5.69 Å². The van der Waals surface area contributed by atoms with E-state index in [-0.39, 0.29) is 5.91 Å². The van der Waals surface area contributed by atoms with E-state index < -0.39 is 0 Å². The highest BCUT2D eigenvalue weighted by Crippen LogP contribution is 2.18. The van der Waals surface area contributed by atoms with Gasteiger partial charge in [0.15, 0.2) is 0 Å². The van der Waals surface area contributed by atoms with Gasteiger partial charge in [-0.2, -0.15) is 0 Å². The Balaban J connectivity index is 2.23. The van der Waals surface area contributed by atoms with E-state index in [1.807, 2.05) is 35.9 Å². The molecule has 19 heavy (non-hydrogen) atoms. The monoisotopic (exact) mass is 321 g/mol. The molecule has 0 unspecified atom stereocenters. The molecular weight excluding hydrogens is 306 g/mol. The summed E-state index contributed by atoms with van der Waals surface area (Å²) in [6.45, 7) is 4.78. The summed E-state index contributed by atoms with van der Waals surface area (Å²) in [7, 11) is 0. The number of carbonyl (C=O) groups is 1. The van der Waals surface area contributed by atoms with Gasteiger partial charge >= 0.3 is 0 Å². The van der Waals surface area contributed by atoms with Crippen molar-refractivity contribution < 1.29 is 4.79 Å². The van der Waals surface area contributed by atoms with E-state index in [1.165, 1.54) is 0 Å². The summed E-state index contributed by atoms with van der Waals surface area (Å²) in [5, 5.41) is 2.90. The normalized spacial score (nSPS) is 10.5. The molecule has 2 rings (SSSR count). The summed E-state index contributed by atoms with van der Waals surface area (Å²) >= 11 is 3.41. The van der Waals surface area contributed by atoms with Gasteiger partial charge in [-0.15, -0.1) is 0 Å². The topological polar surface area (TPSA) is 46.9 Å². The number of carbonyl (C=O) groups excluding carboxylic acids is 1. The first-order chi connectivity index (χ1) is 9.11. The molecule has 0 fully saturated rings. The highest BCUT2D eigenvalue weighted by Gasteiger charge is 2.13. The lowest BCUT2D eigenvalue weighted by molar-refractivity contribution is 0.101. The van der Waals surface area contributed by atoms with E-state index in [1.54, 1.807) is 6.20 Å². The smallest absolute Gasteiger partial charge is 0.272 e. The third kappa shape index (κ3) is 3.23. The van der Waals surface area contributed by atoms with E-state index >= 15 is 0 Å². The zero-order valence-corrected chi connectivity index (χ0v) is 12.6. The van der Waals surface area contributed by atoms with Crippen LogP contribution in [-0.2, 0) is 6.54 Å². The molecule has 0 spiro atoms. The molecule has 2 aromatic heterocycles. The average molecular weight is 322 g/mol. The van der Waals surface area contributed by atoms with Gasteiger partial charge in [0.05, 0.1) is 11.4 Å². The minimum Gasteiger partial charge on any atom is -0.342 e. The molecule has 2 aromatic rings. The lowest BCUT2D eigenvalue weighted by Crippen LogP contribution is -2.17. The summed E-state index contributed by atoms with van der Waals surface area (Å²) in [6, 6.07) is 5.49. The van der Waals surface area contributed by atoms with E-state index in [9.17, 15) is 4.79 Å². The minimum atomic E-state index is -0.116. The Bertz CT molecular complexity index is 592. The Kier molecular flexibility index (Phi) is 4.37. The zero-order chi connectivity index (χ0) is 13.8. The molecule has 1 N–H and O–H groups in total. The van der Waals surface area contributed by atoms with E-state index in [0.717, 1.165) is 28.8 Å². The maximum absolute atomic E-state index is 12.3. The first-order valence-electron chi connectivity index (χ1n) is 6.20. The maximum Gasteiger partial charge on any atom is 0.272 e. The number of nitrogens with one attached hydrogen (secondary N) is 1.